The molecular formula is C36H29Cl2F2N9OS2. The minimum Gasteiger partial charge on any atom is -0.313 e. The zero-order valence-electron chi connectivity index (χ0n) is 28.6. The van der Waals surface area contributed by atoms with Crippen LogP contribution >= 0.6 is 47.6 Å². The molecule has 10 nitrogen and oxygen atoms in total. The summed E-state index contributed by atoms with van der Waals surface area (Å²) in [6.07, 6.45) is 3.35. The van der Waals surface area contributed by atoms with Gasteiger partial charge in [-0.2, -0.15) is 4.99 Å². The number of nitrogens with zero attached hydrogens (tertiary/aromatic N) is 8. The molecule has 1 saturated heterocycles. The number of carbonyl (C=O) groups is 1. The Balaban J connectivity index is 0.000000235. The van der Waals surface area contributed by atoms with Crippen molar-refractivity contribution in [3.05, 3.63) is 128 Å². The third kappa shape index (κ3) is 9.28. The summed E-state index contributed by atoms with van der Waals surface area (Å²) in [6.45, 7) is 31.5. The van der Waals surface area contributed by atoms with Gasteiger partial charge in [0.2, 0.25) is 11.4 Å². The second kappa shape index (κ2) is 17.2. The van der Waals surface area contributed by atoms with E-state index in [4.69, 9.17) is 55.1 Å². The zero-order valence-corrected chi connectivity index (χ0v) is 31.7. The molecule has 4 aromatic rings. The third-order valence-electron chi connectivity index (χ3n) is 7.19. The molecule has 264 valence electrons. The van der Waals surface area contributed by atoms with Crippen molar-refractivity contribution in [1.29, 1.82) is 0 Å². The molecule has 2 aromatic carbocycles. The van der Waals surface area contributed by atoms with Gasteiger partial charge in [-0.3, -0.25) is 24.5 Å². The minimum absolute atomic E-state index is 0.00704. The lowest BCUT2D eigenvalue weighted by Crippen LogP contribution is -2.44. The third-order valence-corrected chi connectivity index (χ3v) is 8.37. The monoisotopic (exact) mass is 775 g/mol. The van der Waals surface area contributed by atoms with Crippen molar-refractivity contribution in [2.24, 2.45) is 4.99 Å². The van der Waals surface area contributed by atoms with Gasteiger partial charge in [-0.05, 0) is 88.5 Å². The van der Waals surface area contributed by atoms with Gasteiger partial charge in [0.1, 0.15) is 11.2 Å². The molecule has 0 unspecified atom stereocenters. The second-order valence-corrected chi connectivity index (χ2v) is 13.2. The van der Waals surface area contributed by atoms with Gasteiger partial charge < -0.3 is 10.2 Å². The fourth-order valence-corrected chi connectivity index (χ4v) is 5.51. The summed E-state index contributed by atoms with van der Waals surface area (Å²) < 4.78 is 27.9. The number of pyridine rings is 2. The first kappa shape index (κ1) is 41.0. The average molecular weight is 777 g/mol. The van der Waals surface area contributed by atoms with Gasteiger partial charge in [-0.25, -0.2) is 25.0 Å². The van der Waals surface area contributed by atoms with Crippen LogP contribution in [0.25, 0.3) is 14.5 Å². The van der Waals surface area contributed by atoms with Crippen LogP contribution in [0.1, 0.15) is 39.1 Å². The Labute approximate surface area is 321 Å². The number of aryl methyl sites for hydroxylation is 2. The molecule has 5 rings (SSSR count). The van der Waals surface area contributed by atoms with Gasteiger partial charge in [0, 0.05) is 25.2 Å². The number of hydrogen-bond donors (Lipinski definition) is 1. The number of aromatic nitrogens is 2. The molecule has 1 aliphatic heterocycles. The summed E-state index contributed by atoms with van der Waals surface area (Å²) in [5.41, 5.74) is 1.67. The number of carbonyl (C=O) groups excluding carboxylic acids is 1. The average Bonchev–Trinajstić information content (AvgIpc) is 3.29. The SMILES string of the molecule is [C-]#[N+]C(C)(C)Nc1ccc(C)nc1.[C-]#[N+]c1ccc(N2C(=O)C(C)(C)N(c3ccc(C)nc3)C2=S)c(F)c1Cl.[C-]#[N+]c1ccc(N=C=S)c(F)c1Cl. The first-order chi connectivity index (χ1) is 24.4. The van der Waals surface area contributed by atoms with Crippen LogP contribution < -0.4 is 15.1 Å². The summed E-state index contributed by atoms with van der Waals surface area (Å²) in [4.78, 5) is 37.2. The van der Waals surface area contributed by atoms with Gasteiger partial charge in [0.15, 0.2) is 16.7 Å². The van der Waals surface area contributed by atoms with Crippen LogP contribution in [0.15, 0.2) is 65.9 Å². The summed E-state index contributed by atoms with van der Waals surface area (Å²) in [5.74, 6) is -1.99. The van der Waals surface area contributed by atoms with E-state index in [0.29, 0.717) is 5.69 Å². The Morgan fingerprint density at radius 1 is 0.904 bits per heavy atom. The van der Waals surface area contributed by atoms with E-state index < -0.39 is 28.7 Å². The van der Waals surface area contributed by atoms with E-state index in [1.54, 1.807) is 37.2 Å². The molecule has 16 heteroatoms. The van der Waals surface area contributed by atoms with Crippen LogP contribution in [-0.2, 0) is 4.79 Å². The molecule has 2 aromatic heterocycles. The van der Waals surface area contributed by atoms with E-state index in [1.165, 1.54) is 24.3 Å². The van der Waals surface area contributed by atoms with Crippen molar-refractivity contribution < 1.29 is 13.6 Å². The molecule has 0 radical (unpaired) electrons. The molecule has 3 heterocycles. The summed E-state index contributed by atoms with van der Waals surface area (Å²) in [5, 5.41) is 4.65. The molecule has 52 heavy (non-hydrogen) atoms. The van der Waals surface area contributed by atoms with E-state index in [-0.39, 0.29) is 37.9 Å². The van der Waals surface area contributed by atoms with E-state index >= 15 is 0 Å². The lowest BCUT2D eigenvalue weighted by Gasteiger charge is -2.29. The van der Waals surface area contributed by atoms with E-state index in [2.05, 4.69) is 47.0 Å². The van der Waals surface area contributed by atoms with Crippen molar-refractivity contribution in [1.82, 2.24) is 9.97 Å². The fraction of sp³-hybridized carbons (Fsp3) is 0.222. The lowest BCUT2D eigenvalue weighted by molar-refractivity contribution is -0.120. The van der Waals surface area contributed by atoms with Crippen molar-refractivity contribution in [3.8, 4) is 0 Å². The highest BCUT2D eigenvalue weighted by Crippen LogP contribution is 2.40. The molecule has 0 aliphatic carbocycles. The van der Waals surface area contributed by atoms with E-state index in [9.17, 15) is 13.6 Å². The summed E-state index contributed by atoms with van der Waals surface area (Å²) in [6, 6.07) is 12.9. The van der Waals surface area contributed by atoms with E-state index in [0.717, 1.165) is 22.0 Å². The topological polar surface area (TPSA) is 86.8 Å². The number of thiocarbonyl (C=S) groups is 2. The van der Waals surface area contributed by atoms with Crippen LogP contribution in [0.4, 0.5) is 42.9 Å². The molecule has 0 spiro atoms. The van der Waals surface area contributed by atoms with Crippen LogP contribution in [0.5, 0.6) is 0 Å². The number of anilines is 3. The zero-order chi connectivity index (χ0) is 39.0. The standard InChI is InChI=1S/C18H14ClFN4OS.C10H13N3.C8H2ClFN2S/c1-10-5-6-11(9-22-10)24-17(26)23(16(25)18(24,2)3)13-8-7-12(21-4)14(19)15(13)20;1-8-5-6-9(7-12-8)13-10(2,3)11-4;1-11-5-2-3-6(12-4-13)8(10)7(5)9/h5-9H,1-3H3;5-7,13H,1-3H3;2-3H. The van der Waals surface area contributed by atoms with Gasteiger partial charge in [0.25, 0.3) is 11.6 Å². The van der Waals surface area contributed by atoms with Gasteiger partial charge in [-0.1, -0.05) is 35.3 Å². The Kier molecular flexibility index (Phi) is 13.6. The largest absolute Gasteiger partial charge is 0.313 e. The molecule has 0 atom stereocenters. The Bertz CT molecular complexity index is 2190. The number of aliphatic imine (C=N–C) groups is 1. The van der Waals surface area contributed by atoms with E-state index in [1.807, 2.05) is 51.1 Å². The van der Waals surface area contributed by atoms with Crippen LogP contribution in [0.3, 0.4) is 0 Å². The molecule has 1 amide bonds. The van der Waals surface area contributed by atoms with Gasteiger partial charge in [0.05, 0.1) is 57.8 Å². The maximum absolute atomic E-state index is 14.7. The minimum atomic E-state index is -1.04. The van der Waals surface area contributed by atoms with Gasteiger partial charge in [-0.15, -0.1) is 0 Å². The summed E-state index contributed by atoms with van der Waals surface area (Å²) in [7, 11) is 0. The highest BCUT2D eigenvalue weighted by molar-refractivity contribution is 7.81. The fourth-order valence-electron chi connectivity index (χ4n) is 4.50. The Hall–Kier alpha value is -5.39. The van der Waals surface area contributed by atoms with Crippen molar-refractivity contribution in [3.63, 3.8) is 0 Å². The van der Waals surface area contributed by atoms with Crippen LogP contribution in [0, 0.1) is 45.2 Å². The number of amides is 1. The Morgan fingerprint density at radius 2 is 1.46 bits per heavy atom. The predicted molar refractivity (Wildman–Crippen MR) is 209 cm³/mol. The van der Waals surface area contributed by atoms with Crippen LogP contribution in [-0.4, -0.2) is 37.4 Å². The number of isothiocyanates is 1. The maximum atomic E-state index is 14.7. The normalized spacial score (nSPS) is 12.9. The maximum Gasteiger partial charge on any atom is 0.299 e. The molecule has 1 N–H and O–H groups in total. The quantitative estimate of drug-likeness (QED) is 0.123. The highest BCUT2D eigenvalue weighted by atomic mass is 35.5. The summed E-state index contributed by atoms with van der Waals surface area (Å²) >= 11 is 21.2. The second-order valence-electron chi connectivity index (χ2n) is 11.8. The number of rotatable bonds is 5. The Morgan fingerprint density at radius 3 is 1.96 bits per heavy atom. The van der Waals surface area contributed by atoms with Crippen molar-refractivity contribution in [2.45, 2.75) is 52.7 Å². The van der Waals surface area contributed by atoms with Crippen molar-refractivity contribution in [2.75, 3.05) is 15.1 Å². The molecule has 0 saturated carbocycles. The van der Waals surface area contributed by atoms with Crippen LogP contribution in [0.2, 0.25) is 10.0 Å². The van der Waals surface area contributed by atoms with Gasteiger partial charge >= 0.3 is 0 Å². The predicted octanol–water partition coefficient (Wildman–Crippen LogP) is 10.9. The molecule has 1 aliphatic rings. The number of nitrogens with one attached hydrogen (secondary N) is 1. The number of hydrogen-bond acceptors (Lipinski definition) is 7. The lowest BCUT2D eigenvalue weighted by atomic mass is 10.0. The highest BCUT2D eigenvalue weighted by Gasteiger charge is 2.51. The molecular weight excluding hydrogens is 747 g/mol. The number of halogens is 4. The first-order valence-corrected chi connectivity index (χ1v) is 16.5. The smallest absolute Gasteiger partial charge is 0.299 e. The number of benzene rings is 2. The molecule has 1 fully saturated rings. The van der Waals surface area contributed by atoms with Crippen molar-refractivity contribution >= 4 is 97.9 Å². The first-order valence-electron chi connectivity index (χ1n) is 14.9. The molecule has 0 bridgehead atoms.